The number of hydrogen-bond donors (Lipinski definition) is 1. The molecule has 96 valence electrons. The van der Waals surface area contributed by atoms with E-state index in [0.29, 0.717) is 12.0 Å². The number of hydrogen-bond acceptors (Lipinski definition) is 3. The fraction of sp³-hybridized carbons (Fsp3) is 1.00. The van der Waals surface area contributed by atoms with Crippen molar-refractivity contribution in [2.75, 3.05) is 32.7 Å². The van der Waals surface area contributed by atoms with Crippen LogP contribution < -0.4 is 0 Å². The molecule has 1 heterocycles. The Bertz CT molecular complexity index is 206. The van der Waals surface area contributed by atoms with Crippen LogP contribution >= 0.6 is 0 Å². The highest BCUT2D eigenvalue weighted by Crippen LogP contribution is 2.18. The first kappa shape index (κ1) is 13.9. The Balaban J connectivity index is 2.37. The zero-order valence-electron chi connectivity index (χ0n) is 11.5. The zero-order chi connectivity index (χ0) is 12.3. The second-order valence-electron chi connectivity index (χ2n) is 5.92. The van der Waals surface area contributed by atoms with Crippen LogP contribution in [-0.2, 0) is 0 Å². The molecule has 0 radical (unpaired) electrons. The highest BCUT2D eigenvalue weighted by Gasteiger charge is 2.29. The van der Waals surface area contributed by atoms with E-state index in [1.54, 1.807) is 0 Å². The number of rotatable bonds is 4. The SMILES string of the molecule is CC(C)N1CCN(CC(C)(O)C(C)C)CC1. The van der Waals surface area contributed by atoms with Crippen molar-refractivity contribution in [3.05, 3.63) is 0 Å². The van der Waals surface area contributed by atoms with Crippen molar-refractivity contribution in [2.45, 2.75) is 46.3 Å². The van der Waals surface area contributed by atoms with Crippen molar-refractivity contribution >= 4 is 0 Å². The quantitative estimate of drug-likeness (QED) is 0.788. The number of aliphatic hydroxyl groups is 1. The third-order valence-electron chi connectivity index (χ3n) is 3.92. The van der Waals surface area contributed by atoms with Crippen LogP contribution in [0.25, 0.3) is 0 Å². The lowest BCUT2D eigenvalue weighted by Crippen LogP contribution is -2.53. The van der Waals surface area contributed by atoms with Gasteiger partial charge in [-0.05, 0) is 26.7 Å². The summed E-state index contributed by atoms with van der Waals surface area (Å²) in [6.45, 7) is 15.9. The lowest BCUT2D eigenvalue weighted by Gasteiger charge is -2.40. The predicted octanol–water partition coefficient (Wildman–Crippen LogP) is 1.42. The first-order valence-corrected chi connectivity index (χ1v) is 6.51. The first-order valence-electron chi connectivity index (χ1n) is 6.51. The van der Waals surface area contributed by atoms with Gasteiger partial charge in [0.25, 0.3) is 0 Å². The van der Waals surface area contributed by atoms with E-state index < -0.39 is 5.60 Å². The van der Waals surface area contributed by atoms with E-state index in [2.05, 4.69) is 37.5 Å². The molecule has 0 aromatic heterocycles. The second-order valence-corrected chi connectivity index (χ2v) is 5.92. The molecule has 0 saturated carbocycles. The zero-order valence-corrected chi connectivity index (χ0v) is 11.5. The Morgan fingerprint density at radius 3 is 1.94 bits per heavy atom. The van der Waals surface area contributed by atoms with Gasteiger partial charge in [-0.3, -0.25) is 9.80 Å². The van der Waals surface area contributed by atoms with Gasteiger partial charge in [-0.15, -0.1) is 0 Å². The molecule has 0 aromatic carbocycles. The maximum atomic E-state index is 10.3. The van der Waals surface area contributed by atoms with E-state index in [9.17, 15) is 5.11 Å². The van der Waals surface area contributed by atoms with Gasteiger partial charge >= 0.3 is 0 Å². The predicted molar refractivity (Wildman–Crippen MR) is 68.6 cm³/mol. The third kappa shape index (κ3) is 3.72. The Labute approximate surface area is 100 Å². The molecule has 1 atom stereocenters. The van der Waals surface area contributed by atoms with Crippen molar-refractivity contribution in [3.63, 3.8) is 0 Å². The number of piperazine rings is 1. The molecule has 3 nitrogen and oxygen atoms in total. The smallest absolute Gasteiger partial charge is 0.0768 e. The normalized spacial score (nSPS) is 24.0. The molecule has 1 aliphatic heterocycles. The summed E-state index contributed by atoms with van der Waals surface area (Å²) in [4.78, 5) is 4.89. The van der Waals surface area contributed by atoms with Crippen LogP contribution in [0.4, 0.5) is 0 Å². The lowest BCUT2D eigenvalue weighted by atomic mass is 9.92. The summed E-state index contributed by atoms with van der Waals surface area (Å²) < 4.78 is 0. The topological polar surface area (TPSA) is 26.7 Å². The monoisotopic (exact) mass is 228 g/mol. The molecule has 0 amide bonds. The highest BCUT2D eigenvalue weighted by atomic mass is 16.3. The third-order valence-corrected chi connectivity index (χ3v) is 3.92. The lowest BCUT2D eigenvalue weighted by molar-refractivity contribution is -0.0310. The molecular formula is C13H28N2O. The van der Waals surface area contributed by atoms with Gasteiger partial charge < -0.3 is 5.11 Å². The summed E-state index contributed by atoms with van der Waals surface area (Å²) in [5, 5.41) is 10.3. The summed E-state index contributed by atoms with van der Waals surface area (Å²) in [6, 6.07) is 0.646. The molecule has 0 aliphatic carbocycles. The molecule has 0 bridgehead atoms. The van der Waals surface area contributed by atoms with Gasteiger partial charge in [0.1, 0.15) is 0 Å². The summed E-state index contributed by atoms with van der Waals surface area (Å²) in [5.41, 5.74) is -0.556. The maximum Gasteiger partial charge on any atom is 0.0768 e. The van der Waals surface area contributed by atoms with E-state index >= 15 is 0 Å². The molecule has 0 aromatic rings. The van der Waals surface area contributed by atoms with E-state index in [4.69, 9.17) is 0 Å². The first-order chi connectivity index (χ1) is 7.33. The van der Waals surface area contributed by atoms with E-state index in [0.717, 1.165) is 32.7 Å². The van der Waals surface area contributed by atoms with Crippen LogP contribution in [0, 0.1) is 5.92 Å². The minimum absolute atomic E-state index is 0.315. The number of β-amino-alcohol motifs (C(OH)–C–C–N with tert-alkyl or cyclic N) is 1. The Hall–Kier alpha value is -0.120. The van der Waals surface area contributed by atoms with Crippen molar-refractivity contribution in [1.82, 2.24) is 9.80 Å². The minimum atomic E-state index is -0.556. The van der Waals surface area contributed by atoms with Crippen LogP contribution in [0.3, 0.4) is 0 Å². The molecule has 1 fully saturated rings. The van der Waals surface area contributed by atoms with Gasteiger partial charge in [-0.25, -0.2) is 0 Å². The molecule has 1 aliphatic rings. The van der Waals surface area contributed by atoms with Gasteiger partial charge in [0.2, 0.25) is 0 Å². The van der Waals surface area contributed by atoms with Gasteiger partial charge in [0, 0.05) is 38.8 Å². The largest absolute Gasteiger partial charge is 0.389 e. The average Bonchev–Trinajstić information content (AvgIpc) is 2.17. The van der Waals surface area contributed by atoms with Gasteiger partial charge in [-0.1, -0.05) is 13.8 Å². The van der Waals surface area contributed by atoms with E-state index in [1.165, 1.54) is 0 Å². The van der Waals surface area contributed by atoms with Crippen molar-refractivity contribution < 1.29 is 5.11 Å². The number of nitrogens with zero attached hydrogens (tertiary/aromatic N) is 2. The van der Waals surface area contributed by atoms with Crippen LogP contribution in [0.2, 0.25) is 0 Å². The summed E-state index contributed by atoms with van der Waals surface area (Å²) in [7, 11) is 0. The van der Waals surface area contributed by atoms with Crippen molar-refractivity contribution in [1.29, 1.82) is 0 Å². The van der Waals surface area contributed by atoms with Crippen LogP contribution in [0.15, 0.2) is 0 Å². The van der Waals surface area contributed by atoms with Crippen molar-refractivity contribution in [3.8, 4) is 0 Å². The molecular weight excluding hydrogens is 200 g/mol. The molecule has 0 spiro atoms. The van der Waals surface area contributed by atoms with E-state index in [-0.39, 0.29) is 0 Å². The Morgan fingerprint density at radius 2 is 1.56 bits per heavy atom. The van der Waals surface area contributed by atoms with Crippen LogP contribution in [0.5, 0.6) is 0 Å². The summed E-state index contributed by atoms with van der Waals surface area (Å²) >= 11 is 0. The molecule has 1 saturated heterocycles. The standard InChI is InChI=1S/C13H28N2O/c1-11(2)13(5,16)10-14-6-8-15(9-7-14)12(3)4/h11-12,16H,6-10H2,1-5H3. The molecule has 1 N–H and O–H groups in total. The van der Waals surface area contributed by atoms with Gasteiger partial charge in [-0.2, -0.15) is 0 Å². The molecule has 1 rings (SSSR count). The van der Waals surface area contributed by atoms with Gasteiger partial charge in [0.15, 0.2) is 0 Å². The molecule has 3 heteroatoms. The van der Waals surface area contributed by atoms with Crippen molar-refractivity contribution in [2.24, 2.45) is 5.92 Å². The van der Waals surface area contributed by atoms with E-state index in [1.807, 2.05) is 6.92 Å². The minimum Gasteiger partial charge on any atom is -0.389 e. The summed E-state index contributed by atoms with van der Waals surface area (Å²) in [6.07, 6.45) is 0. The highest BCUT2D eigenvalue weighted by molar-refractivity contribution is 4.83. The summed E-state index contributed by atoms with van der Waals surface area (Å²) in [5.74, 6) is 0.315. The molecule has 16 heavy (non-hydrogen) atoms. The maximum absolute atomic E-state index is 10.3. The van der Waals surface area contributed by atoms with Crippen LogP contribution in [0.1, 0.15) is 34.6 Å². The average molecular weight is 228 g/mol. The molecule has 1 unspecified atom stereocenters. The Kier molecular flexibility index (Phi) is 4.77. The Morgan fingerprint density at radius 1 is 1.06 bits per heavy atom. The fourth-order valence-electron chi connectivity index (χ4n) is 2.07. The second kappa shape index (κ2) is 5.48. The van der Waals surface area contributed by atoms with Crippen LogP contribution in [-0.4, -0.2) is 59.3 Å². The van der Waals surface area contributed by atoms with Gasteiger partial charge in [0.05, 0.1) is 5.60 Å². The fourth-order valence-corrected chi connectivity index (χ4v) is 2.07.